The molecular formula is C16H22N2OS. The molecule has 0 aliphatic carbocycles. The van der Waals surface area contributed by atoms with Crippen LogP contribution >= 0.6 is 11.3 Å². The summed E-state index contributed by atoms with van der Waals surface area (Å²) in [6, 6.07) is 10.4. The molecule has 0 fully saturated rings. The maximum atomic E-state index is 6.20. The highest BCUT2D eigenvalue weighted by atomic mass is 32.1. The van der Waals surface area contributed by atoms with Crippen LogP contribution in [0.2, 0.25) is 0 Å². The summed E-state index contributed by atoms with van der Waals surface area (Å²) in [6.07, 6.45) is 1.81. The van der Waals surface area contributed by atoms with Gasteiger partial charge in [-0.15, -0.1) is 11.3 Å². The van der Waals surface area contributed by atoms with Crippen molar-refractivity contribution in [1.82, 2.24) is 4.98 Å². The van der Waals surface area contributed by atoms with Crippen molar-refractivity contribution in [2.24, 2.45) is 11.7 Å². The van der Waals surface area contributed by atoms with E-state index < -0.39 is 0 Å². The number of hydrogen-bond donors (Lipinski definition) is 1. The van der Waals surface area contributed by atoms with Crippen LogP contribution in [0.5, 0.6) is 0 Å². The number of ether oxygens (including phenoxy) is 1. The zero-order chi connectivity index (χ0) is 14.4. The second kappa shape index (κ2) is 7.53. The van der Waals surface area contributed by atoms with Gasteiger partial charge < -0.3 is 10.5 Å². The molecule has 1 heterocycles. The van der Waals surface area contributed by atoms with Gasteiger partial charge in [-0.1, -0.05) is 37.3 Å². The molecule has 0 saturated carbocycles. The normalized spacial score (nSPS) is 14.2. The molecule has 0 aliphatic heterocycles. The fourth-order valence-corrected chi connectivity index (χ4v) is 3.22. The number of aromatic nitrogens is 1. The summed E-state index contributed by atoms with van der Waals surface area (Å²) in [4.78, 5) is 4.68. The molecule has 0 aliphatic rings. The molecule has 0 saturated heterocycles. The molecule has 1 aromatic carbocycles. The van der Waals surface area contributed by atoms with Crippen LogP contribution in [0.25, 0.3) is 11.3 Å². The van der Waals surface area contributed by atoms with E-state index in [4.69, 9.17) is 10.5 Å². The highest BCUT2D eigenvalue weighted by molar-refractivity contribution is 7.09. The van der Waals surface area contributed by atoms with Crippen molar-refractivity contribution in [3.63, 3.8) is 0 Å². The third-order valence-corrected chi connectivity index (χ3v) is 4.09. The molecule has 20 heavy (non-hydrogen) atoms. The highest BCUT2D eigenvalue weighted by Crippen LogP contribution is 2.22. The zero-order valence-electron chi connectivity index (χ0n) is 12.1. The SMILES string of the molecule is COCC(C)CC(N)Cc1nc(-c2ccccc2)cs1. The van der Waals surface area contributed by atoms with Crippen LogP contribution < -0.4 is 5.73 Å². The van der Waals surface area contributed by atoms with E-state index in [9.17, 15) is 0 Å². The monoisotopic (exact) mass is 290 g/mol. The average molecular weight is 290 g/mol. The molecule has 2 unspecified atom stereocenters. The van der Waals surface area contributed by atoms with E-state index in [1.54, 1.807) is 18.4 Å². The lowest BCUT2D eigenvalue weighted by Gasteiger charge is -2.15. The van der Waals surface area contributed by atoms with E-state index in [0.29, 0.717) is 5.92 Å². The number of hydrogen-bond acceptors (Lipinski definition) is 4. The van der Waals surface area contributed by atoms with Gasteiger partial charge in [-0.25, -0.2) is 4.98 Å². The fraction of sp³-hybridized carbons (Fsp3) is 0.438. The van der Waals surface area contributed by atoms with Crippen LogP contribution in [0, 0.1) is 5.92 Å². The minimum Gasteiger partial charge on any atom is -0.384 e. The number of benzene rings is 1. The molecule has 0 spiro atoms. The lowest BCUT2D eigenvalue weighted by Crippen LogP contribution is -2.26. The van der Waals surface area contributed by atoms with Gasteiger partial charge in [0.1, 0.15) is 0 Å². The highest BCUT2D eigenvalue weighted by Gasteiger charge is 2.12. The molecule has 2 rings (SSSR count). The summed E-state index contributed by atoms with van der Waals surface area (Å²) in [5, 5.41) is 3.22. The Balaban J connectivity index is 1.93. The summed E-state index contributed by atoms with van der Waals surface area (Å²) in [5.41, 5.74) is 8.40. The van der Waals surface area contributed by atoms with Crippen molar-refractivity contribution in [2.75, 3.05) is 13.7 Å². The van der Waals surface area contributed by atoms with E-state index in [2.05, 4.69) is 29.4 Å². The predicted octanol–water partition coefficient (Wildman–Crippen LogP) is 3.35. The lowest BCUT2D eigenvalue weighted by molar-refractivity contribution is 0.152. The van der Waals surface area contributed by atoms with Gasteiger partial charge in [0, 0.05) is 37.1 Å². The number of methoxy groups -OCH3 is 1. The second-order valence-corrected chi connectivity index (χ2v) is 6.20. The Morgan fingerprint density at radius 1 is 1.30 bits per heavy atom. The minimum atomic E-state index is 0.148. The molecule has 0 amide bonds. The van der Waals surface area contributed by atoms with Gasteiger partial charge >= 0.3 is 0 Å². The van der Waals surface area contributed by atoms with Gasteiger partial charge in [-0.05, 0) is 12.3 Å². The van der Waals surface area contributed by atoms with Crippen molar-refractivity contribution in [3.05, 3.63) is 40.7 Å². The quantitative estimate of drug-likeness (QED) is 0.850. The smallest absolute Gasteiger partial charge is 0.0948 e. The molecule has 2 N–H and O–H groups in total. The Bertz CT molecular complexity index is 512. The van der Waals surface area contributed by atoms with Crippen molar-refractivity contribution in [2.45, 2.75) is 25.8 Å². The van der Waals surface area contributed by atoms with E-state index in [-0.39, 0.29) is 6.04 Å². The van der Waals surface area contributed by atoms with Crippen molar-refractivity contribution in [1.29, 1.82) is 0 Å². The number of nitrogens with zero attached hydrogens (tertiary/aromatic N) is 1. The Morgan fingerprint density at radius 2 is 2.05 bits per heavy atom. The van der Waals surface area contributed by atoms with Gasteiger partial charge in [0.2, 0.25) is 0 Å². The summed E-state index contributed by atoms with van der Waals surface area (Å²) in [7, 11) is 1.73. The molecule has 0 bridgehead atoms. The van der Waals surface area contributed by atoms with Gasteiger partial charge in [0.15, 0.2) is 0 Å². The lowest BCUT2D eigenvalue weighted by atomic mass is 10.0. The molecule has 1 aromatic heterocycles. The maximum absolute atomic E-state index is 6.20. The van der Waals surface area contributed by atoms with E-state index >= 15 is 0 Å². The first kappa shape index (κ1) is 15.2. The van der Waals surface area contributed by atoms with Gasteiger partial charge in [-0.2, -0.15) is 0 Å². The van der Waals surface area contributed by atoms with E-state index in [1.165, 1.54) is 0 Å². The van der Waals surface area contributed by atoms with Crippen LogP contribution in [0.15, 0.2) is 35.7 Å². The molecule has 2 aromatic rings. The summed E-state index contributed by atoms with van der Waals surface area (Å²) >= 11 is 1.69. The van der Waals surface area contributed by atoms with Crippen LogP contribution in [0.3, 0.4) is 0 Å². The first-order chi connectivity index (χ1) is 9.69. The van der Waals surface area contributed by atoms with E-state index in [1.807, 2.05) is 18.2 Å². The van der Waals surface area contributed by atoms with Crippen molar-refractivity contribution in [3.8, 4) is 11.3 Å². The minimum absolute atomic E-state index is 0.148. The van der Waals surface area contributed by atoms with Crippen molar-refractivity contribution >= 4 is 11.3 Å². The van der Waals surface area contributed by atoms with Crippen LogP contribution in [-0.2, 0) is 11.2 Å². The maximum Gasteiger partial charge on any atom is 0.0948 e. The number of nitrogens with two attached hydrogens (primary N) is 1. The number of thiazole rings is 1. The first-order valence-corrected chi connectivity index (χ1v) is 7.81. The predicted molar refractivity (Wildman–Crippen MR) is 84.9 cm³/mol. The summed E-state index contributed by atoms with van der Waals surface area (Å²) < 4.78 is 5.15. The summed E-state index contributed by atoms with van der Waals surface area (Å²) in [5.74, 6) is 0.489. The Hall–Kier alpha value is -1.23. The average Bonchev–Trinajstić information content (AvgIpc) is 2.88. The molecule has 0 radical (unpaired) electrons. The van der Waals surface area contributed by atoms with E-state index in [0.717, 1.165) is 35.7 Å². The first-order valence-electron chi connectivity index (χ1n) is 6.93. The van der Waals surface area contributed by atoms with Crippen molar-refractivity contribution < 1.29 is 4.74 Å². The summed E-state index contributed by atoms with van der Waals surface area (Å²) in [6.45, 7) is 2.93. The van der Waals surface area contributed by atoms with Crippen LogP contribution in [-0.4, -0.2) is 24.7 Å². The molecule has 2 atom stereocenters. The van der Waals surface area contributed by atoms with Crippen LogP contribution in [0.1, 0.15) is 18.4 Å². The Labute approximate surface area is 124 Å². The zero-order valence-corrected chi connectivity index (χ0v) is 12.9. The Kier molecular flexibility index (Phi) is 5.71. The third kappa shape index (κ3) is 4.40. The molecule has 4 heteroatoms. The largest absolute Gasteiger partial charge is 0.384 e. The number of rotatable bonds is 7. The standard InChI is InChI=1S/C16H22N2OS/c1-12(10-19-2)8-14(17)9-16-18-15(11-20-16)13-6-4-3-5-7-13/h3-7,11-12,14H,8-10,17H2,1-2H3. The van der Waals surface area contributed by atoms with Gasteiger partial charge in [-0.3, -0.25) is 0 Å². The Morgan fingerprint density at radius 3 is 2.75 bits per heavy atom. The second-order valence-electron chi connectivity index (χ2n) is 5.25. The third-order valence-electron chi connectivity index (χ3n) is 3.21. The molecule has 108 valence electrons. The topological polar surface area (TPSA) is 48.1 Å². The molecule has 3 nitrogen and oxygen atoms in total. The van der Waals surface area contributed by atoms with Crippen LogP contribution in [0.4, 0.5) is 0 Å². The fourth-order valence-electron chi connectivity index (χ4n) is 2.32. The molecular weight excluding hydrogens is 268 g/mol. The van der Waals surface area contributed by atoms with Gasteiger partial charge in [0.25, 0.3) is 0 Å². The van der Waals surface area contributed by atoms with Gasteiger partial charge in [0.05, 0.1) is 10.7 Å².